The molecule has 0 atom stereocenters. The molecule has 31 heavy (non-hydrogen) atoms. The van der Waals surface area contributed by atoms with Crippen LogP contribution in [0.3, 0.4) is 0 Å². The maximum absolute atomic E-state index is 13.3. The van der Waals surface area contributed by atoms with Gasteiger partial charge in [-0.1, -0.05) is 63.2 Å². The molecule has 7 nitrogen and oxygen atoms in total. The van der Waals surface area contributed by atoms with Crippen molar-refractivity contribution < 1.29 is 8.42 Å². The zero-order chi connectivity index (χ0) is 22.2. The predicted octanol–water partition coefficient (Wildman–Crippen LogP) is 4.23. The summed E-state index contributed by atoms with van der Waals surface area (Å²) < 4.78 is 28.1. The van der Waals surface area contributed by atoms with E-state index in [0.717, 1.165) is 29.8 Å². The minimum Gasteiger partial charge on any atom is -0.355 e. The number of benzene rings is 2. The Bertz CT molecular complexity index is 1300. The molecule has 0 aliphatic carbocycles. The molecule has 0 spiro atoms. The van der Waals surface area contributed by atoms with Gasteiger partial charge >= 0.3 is 0 Å². The summed E-state index contributed by atoms with van der Waals surface area (Å²) in [6.45, 7) is 10.3. The third kappa shape index (κ3) is 3.99. The van der Waals surface area contributed by atoms with Gasteiger partial charge in [0.2, 0.25) is 14.9 Å². The van der Waals surface area contributed by atoms with Gasteiger partial charge in [-0.3, -0.25) is 0 Å². The van der Waals surface area contributed by atoms with Crippen LogP contribution in [0, 0.1) is 11.8 Å². The summed E-state index contributed by atoms with van der Waals surface area (Å²) in [7, 11) is -3.85. The molecule has 0 saturated heterocycles. The molecule has 0 unspecified atom stereocenters. The van der Waals surface area contributed by atoms with E-state index in [2.05, 4.69) is 42.9 Å². The first kappa shape index (κ1) is 21.2. The second kappa shape index (κ2) is 8.26. The van der Waals surface area contributed by atoms with Gasteiger partial charge in [-0.25, -0.2) is 13.4 Å². The summed E-state index contributed by atoms with van der Waals surface area (Å²) in [5.41, 5.74) is 1.03. The van der Waals surface area contributed by atoms with Crippen LogP contribution >= 0.6 is 0 Å². The van der Waals surface area contributed by atoms with E-state index in [1.165, 1.54) is 4.52 Å². The van der Waals surface area contributed by atoms with E-state index in [1.807, 2.05) is 24.3 Å². The summed E-state index contributed by atoms with van der Waals surface area (Å²) in [6, 6.07) is 16.1. The smallest absolute Gasteiger partial charge is 0.229 e. The second-order valence-corrected chi connectivity index (χ2v) is 10.5. The van der Waals surface area contributed by atoms with E-state index in [1.54, 1.807) is 30.3 Å². The fraction of sp³-hybridized carbons (Fsp3) is 0.348. The Kier molecular flexibility index (Phi) is 5.66. The molecule has 0 aliphatic heterocycles. The zero-order valence-corrected chi connectivity index (χ0v) is 19.0. The lowest BCUT2D eigenvalue weighted by molar-refractivity contribution is 0.550. The van der Waals surface area contributed by atoms with Gasteiger partial charge in [-0.05, 0) is 36.1 Å². The highest BCUT2D eigenvalue weighted by Gasteiger charge is 2.28. The number of nitrogens with zero attached hydrogens (tertiary/aromatic N) is 5. The van der Waals surface area contributed by atoms with E-state index in [4.69, 9.17) is 4.98 Å². The Balaban J connectivity index is 2.00. The van der Waals surface area contributed by atoms with E-state index < -0.39 is 9.84 Å². The molecule has 8 heteroatoms. The molecule has 2 aromatic heterocycles. The molecular weight excluding hydrogens is 410 g/mol. The van der Waals surface area contributed by atoms with Crippen LogP contribution in [0.1, 0.15) is 27.7 Å². The first-order valence-corrected chi connectivity index (χ1v) is 12.0. The van der Waals surface area contributed by atoms with Crippen LogP contribution in [0.25, 0.3) is 16.6 Å². The molecule has 0 N–H and O–H groups in total. The normalized spacial score (nSPS) is 12.3. The van der Waals surface area contributed by atoms with E-state index in [-0.39, 0.29) is 15.6 Å². The lowest BCUT2D eigenvalue weighted by Gasteiger charge is -2.28. The molecule has 2 heterocycles. The van der Waals surface area contributed by atoms with Crippen molar-refractivity contribution in [3.05, 3.63) is 54.6 Å². The third-order valence-corrected chi connectivity index (χ3v) is 6.65. The van der Waals surface area contributed by atoms with Gasteiger partial charge in [0, 0.05) is 18.5 Å². The number of anilines is 1. The average Bonchev–Trinajstić information content (AvgIpc) is 3.18. The monoisotopic (exact) mass is 437 g/mol. The van der Waals surface area contributed by atoms with Gasteiger partial charge in [0.1, 0.15) is 5.82 Å². The first-order valence-electron chi connectivity index (χ1n) is 10.5. The second-order valence-electron chi connectivity index (χ2n) is 8.59. The standard InChI is InChI=1S/C23H27N5O2S/c1-16(2)14-27(15-17(3)4)21-19-12-8-9-13-20(19)28-22(24-21)23(25-26-28)31(29,30)18-10-6-5-7-11-18/h5-13,16-17H,14-15H2,1-4H3. The molecule has 0 amide bonds. The summed E-state index contributed by atoms with van der Waals surface area (Å²) in [5.74, 6) is 1.61. The topological polar surface area (TPSA) is 80.5 Å². The van der Waals surface area contributed by atoms with Crippen LogP contribution < -0.4 is 4.90 Å². The largest absolute Gasteiger partial charge is 0.355 e. The Morgan fingerprint density at radius 2 is 1.52 bits per heavy atom. The van der Waals surface area contributed by atoms with Crippen molar-refractivity contribution in [2.24, 2.45) is 11.8 Å². The van der Waals surface area contributed by atoms with Crippen molar-refractivity contribution in [3.63, 3.8) is 0 Å². The zero-order valence-electron chi connectivity index (χ0n) is 18.2. The maximum atomic E-state index is 13.3. The lowest BCUT2D eigenvalue weighted by atomic mass is 10.1. The Morgan fingerprint density at radius 1 is 0.903 bits per heavy atom. The lowest BCUT2D eigenvalue weighted by Crippen LogP contribution is -2.32. The average molecular weight is 438 g/mol. The Morgan fingerprint density at radius 3 is 2.16 bits per heavy atom. The van der Waals surface area contributed by atoms with Crippen LogP contribution in [0.5, 0.6) is 0 Å². The summed E-state index contributed by atoms with van der Waals surface area (Å²) in [5, 5.41) is 9.02. The van der Waals surface area contributed by atoms with Crippen molar-refractivity contribution in [2.45, 2.75) is 37.6 Å². The van der Waals surface area contributed by atoms with Crippen molar-refractivity contribution in [1.29, 1.82) is 0 Å². The Labute approximate surface area is 182 Å². The Hall–Kier alpha value is -3.00. The molecule has 4 rings (SSSR count). The van der Waals surface area contributed by atoms with E-state index >= 15 is 0 Å². The third-order valence-electron chi connectivity index (χ3n) is 4.98. The number of aromatic nitrogens is 4. The molecular formula is C23H27N5O2S. The van der Waals surface area contributed by atoms with Gasteiger partial charge in [0.15, 0.2) is 5.65 Å². The number of hydrogen-bond acceptors (Lipinski definition) is 6. The highest BCUT2D eigenvalue weighted by atomic mass is 32.2. The number of sulfone groups is 1. The number of para-hydroxylation sites is 1. The number of hydrogen-bond donors (Lipinski definition) is 0. The molecule has 0 aliphatic rings. The van der Waals surface area contributed by atoms with Gasteiger partial charge < -0.3 is 4.90 Å². The van der Waals surface area contributed by atoms with Crippen LogP contribution in [0.15, 0.2) is 64.5 Å². The van der Waals surface area contributed by atoms with Crippen LogP contribution in [0.4, 0.5) is 5.82 Å². The first-order chi connectivity index (χ1) is 14.8. The minimum atomic E-state index is -3.85. The molecule has 2 aromatic carbocycles. The minimum absolute atomic E-state index is 0.125. The van der Waals surface area contributed by atoms with Crippen molar-refractivity contribution in [3.8, 4) is 0 Å². The van der Waals surface area contributed by atoms with Crippen molar-refractivity contribution in [1.82, 2.24) is 19.8 Å². The van der Waals surface area contributed by atoms with Gasteiger partial charge in [0.05, 0.1) is 10.4 Å². The number of fused-ring (bicyclic) bond motifs is 3. The SMILES string of the molecule is CC(C)CN(CC(C)C)c1nc2c(S(=O)(=O)c3ccccc3)nnn2c2ccccc12. The highest BCUT2D eigenvalue weighted by molar-refractivity contribution is 7.91. The van der Waals surface area contributed by atoms with Gasteiger partial charge in [0.25, 0.3) is 0 Å². The maximum Gasteiger partial charge on any atom is 0.229 e. The fourth-order valence-corrected chi connectivity index (χ4v) is 5.04. The molecule has 0 radical (unpaired) electrons. The molecule has 162 valence electrons. The summed E-state index contributed by atoms with van der Waals surface area (Å²) in [4.78, 5) is 7.26. The molecule has 0 fully saturated rings. The summed E-state index contributed by atoms with van der Waals surface area (Å²) in [6.07, 6.45) is 0. The van der Waals surface area contributed by atoms with Gasteiger partial charge in [-0.15, -0.1) is 5.10 Å². The fourth-order valence-electron chi connectivity index (χ4n) is 3.78. The van der Waals surface area contributed by atoms with Crippen LogP contribution in [-0.4, -0.2) is 41.3 Å². The number of rotatable bonds is 7. The molecule has 4 aromatic rings. The van der Waals surface area contributed by atoms with E-state index in [0.29, 0.717) is 11.8 Å². The quantitative estimate of drug-likeness (QED) is 0.430. The van der Waals surface area contributed by atoms with Crippen molar-refractivity contribution >= 4 is 32.2 Å². The van der Waals surface area contributed by atoms with Crippen LogP contribution in [-0.2, 0) is 9.84 Å². The highest BCUT2D eigenvalue weighted by Crippen LogP contribution is 2.30. The van der Waals surface area contributed by atoms with Crippen LogP contribution in [0.2, 0.25) is 0 Å². The predicted molar refractivity (Wildman–Crippen MR) is 122 cm³/mol. The molecule has 0 bridgehead atoms. The van der Waals surface area contributed by atoms with E-state index in [9.17, 15) is 8.42 Å². The van der Waals surface area contributed by atoms with Crippen molar-refractivity contribution in [2.75, 3.05) is 18.0 Å². The van der Waals surface area contributed by atoms with Gasteiger partial charge in [-0.2, -0.15) is 4.52 Å². The molecule has 0 saturated carbocycles. The summed E-state index contributed by atoms with van der Waals surface area (Å²) >= 11 is 0.